The fraction of sp³-hybridized carbons (Fsp3) is 0.700. The Morgan fingerprint density at radius 1 is 1.03 bits per heavy atom. The predicted molar refractivity (Wildman–Crippen MR) is 142 cm³/mol. The van der Waals surface area contributed by atoms with E-state index >= 15 is 0 Å². The number of ether oxygens (including phenoxy) is 2. The molecule has 1 aromatic rings. The van der Waals surface area contributed by atoms with Crippen LogP contribution in [0.1, 0.15) is 88.4 Å². The number of fused-ring (bicyclic) bond motifs is 2. The molecular weight excluding hydrogens is 503 g/mol. The van der Waals surface area contributed by atoms with E-state index in [0.29, 0.717) is 24.9 Å². The minimum atomic E-state index is -1.09. The molecule has 6 atom stereocenters. The van der Waals surface area contributed by atoms with E-state index in [0.717, 1.165) is 44.9 Å². The van der Waals surface area contributed by atoms with Gasteiger partial charge in [-0.1, -0.05) is 19.8 Å². The number of carboxylic acid groups (broad SMARTS) is 1. The minimum Gasteiger partial charge on any atom is -0.485 e. The molecule has 0 heterocycles. The van der Waals surface area contributed by atoms with E-state index in [9.17, 15) is 23.9 Å². The van der Waals surface area contributed by atoms with Gasteiger partial charge in [0.25, 0.3) is 5.91 Å². The maximum absolute atomic E-state index is 13.5. The van der Waals surface area contributed by atoms with Crippen molar-refractivity contribution in [2.24, 2.45) is 28.6 Å². The van der Waals surface area contributed by atoms with Gasteiger partial charge in [-0.2, -0.15) is 0 Å². The molecule has 5 rings (SSSR count). The molecule has 214 valence electrons. The van der Waals surface area contributed by atoms with Crippen molar-refractivity contribution in [3.63, 3.8) is 0 Å². The second kappa shape index (κ2) is 11.0. The standard InChI is InChI=1S/C30H41FN2O6/c1-29(11-5-12-29)16-32-27(35)24-18-7-8-19(14-18)25(24)33-26(34)20-9-10-21(38-17-31)22(15-20)39-23-6-3-4-13-30(23,2)28(36)37/h9-10,15,18-19,23-25H,3-8,11-14,16-17H2,1-2H3,(H,32,35)(H,33,34)(H,36,37)/t18-,19+,23?,24+,25-,30+/m1/s1. The van der Waals surface area contributed by atoms with Gasteiger partial charge in [-0.25, -0.2) is 4.39 Å². The Hall–Kier alpha value is -2.84. The smallest absolute Gasteiger partial charge is 0.313 e. The average Bonchev–Trinajstić information content (AvgIpc) is 3.50. The van der Waals surface area contributed by atoms with Crippen molar-refractivity contribution < 1.29 is 33.4 Å². The Balaban J connectivity index is 1.31. The van der Waals surface area contributed by atoms with Crippen molar-refractivity contribution in [2.75, 3.05) is 13.4 Å². The molecule has 0 spiro atoms. The number of rotatable bonds is 10. The zero-order valence-corrected chi connectivity index (χ0v) is 23.0. The number of hydrogen-bond donors (Lipinski definition) is 3. The van der Waals surface area contributed by atoms with Crippen molar-refractivity contribution in [3.8, 4) is 11.5 Å². The zero-order valence-electron chi connectivity index (χ0n) is 23.0. The SMILES string of the molecule is CC1(CNC(=O)[C@H]2[C@@H]3CC[C@@H](C3)[C@H]2NC(=O)c2ccc(OCF)c(OC3CCCC[C@]3(C)C(=O)O)c2)CCC1. The van der Waals surface area contributed by atoms with Gasteiger partial charge in [0.1, 0.15) is 11.5 Å². The summed E-state index contributed by atoms with van der Waals surface area (Å²) in [5.41, 5.74) is -0.613. The van der Waals surface area contributed by atoms with Crippen LogP contribution in [-0.4, -0.2) is 48.4 Å². The maximum atomic E-state index is 13.5. The van der Waals surface area contributed by atoms with Crippen molar-refractivity contribution in [2.45, 2.75) is 90.2 Å². The van der Waals surface area contributed by atoms with Gasteiger partial charge >= 0.3 is 5.97 Å². The number of hydrogen-bond acceptors (Lipinski definition) is 5. The molecular formula is C30H41FN2O6. The summed E-state index contributed by atoms with van der Waals surface area (Å²) in [6, 6.07) is 4.28. The largest absolute Gasteiger partial charge is 0.485 e. The lowest BCUT2D eigenvalue weighted by atomic mass is 9.70. The molecule has 9 heteroatoms. The monoisotopic (exact) mass is 544 g/mol. The summed E-state index contributed by atoms with van der Waals surface area (Å²) in [6.07, 6.45) is 8.37. The lowest BCUT2D eigenvalue weighted by Crippen LogP contribution is -2.51. The molecule has 4 saturated carbocycles. The van der Waals surface area contributed by atoms with Gasteiger partial charge in [-0.05, 0) is 93.7 Å². The van der Waals surface area contributed by atoms with Gasteiger partial charge in [-0.3, -0.25) is 14.4 Å². The third-order valence-electron chi connectivity index (χ3n) is 10.1. The highest BCUT2D eigenvalue weighted by atomic mass is 19.1. The van der Waals surface area contributed by atoms with Crippen LogP contribution in [0.4, 0.5) is 4.39 Å². The Labute approximate surface area is 229 Å². The number of carbonyl (C=O) groups is 3. The summed E-state index contributed by atoms with van der Waals surface area (Å²) >= 11 is 0. The normalized spacial score (nSPS) is 32.6. The van der Waals surface area contributed by atoms with Gasteiger partial charge in [0, 0.05) is 18.2 Å². The first kappa shape index (κ1) is 27.7. The summed E-state index contributed by atoms with van der Waals surface area (Å²) in [5.74, 6) is -0.698. The number of halogens is 1. The van der Waals surface area contributed by atoms with Gasteiger partial charge in [0.05, 0.1) is 5.92 Å². The maximum Gasteiger partial charge on any atom is 0.313 e. The predicted octanol–water partition coefficient (Wildman–Crippen LogP) is 4.86. The van der Waals surface area contributed by atoms with Crippen molar-refractivity contribution >= 4 is 17.8 Å². The van der Waals surface area contributed by atoms with Crippen LogP contribution >= 0.6 is 0 Å². The molecule has 0 aromatic heterocycles. The van der Waals surface area contributed by atoms with E-state index in [1.165, 1.54) is 18.6 Å². The molecule has 8 nitrogen and oxygen atoms in total. The number of alkyl halides is 1. The summed E-state index contributed by atoms with van der Waals surface area (Å²) in [4.78, 5) is 38.8. The molecule has 3 N–H and O–H groups in total. The van der Waals surface area contributed by atoms with Crippen LogP contribution in [0.15, 0.2) is 18.2 Å². The number of aliphatic carboxylic acids is 1. The Morgan fingerprint density at radius 2 is 1.79 bits per heavy atom. The molecule has 4 fully saturated rings. The van der Waals surface area contributed by atoms with Crippen LogP contribution in [0.3, 0.4) is 0 Å². The lowest BCUT2D eigenvalue weighted by molar-refractivity contribution is -0.156. The van der Waals surface area contributed by atoms with E-state index in [-0.39, 0.29) is 52.5 Å². The number of carboxylic acids is 1. The molecule has 0 saturated heterocycles. The lowest BCUT2D eigenvalue weighted by Gasteiger charge is -2.39. The summed E-state index contributed by atoms with van der Waals surface area (Å²) < 4.78 is 24.4. The van der Waals surface area contributed by atoms with Crippen LogP contribution in [0, 0.1) is 28.6 Å². The third kappa shape index (κ3) is 5.46. The van der Waals surface area contributed by atoms with Gasteiger partial charge in [-0.15, -0.1) is 0 Å². The molecule has 1 unspecified atom stereocenters. The van der Waals surface area contributed by atoms with E-state index in [1.54, 1.807) is 13.0 Å². The Morgan fingerprint density at radius 3 is 2.49 bits per heavy atom. The summed E-state index contributed by atoms with van der Waals surface area (Å²) in [6.45, 7) is 3.47. The highest BCUT2D eigenvalue weighted by Gasteiger charge is 2.52. The van der Waals surface area contributed by atoms with Gasteiger partial charge in [0.15, 0.2) is 11.5 Å². The average molecular weight is 545 g/mol. The molecule has 1 aromatic carbocycles. The molecule has 4 aliphatic rings. The number of carbonyl (C=O) groups excluding carboxylic acids is 2. The minimum absolute atomic E-state index is 0.0293. The van der Waals surface area contributed by atoms with E-state index in [1.807, 2.05) is 0 Å². The van der Waals surface area contributed by atoms with Crippen LogP contribution < -0.4 is 20.1 Å². The third-order valence-corrected chi connectivity index (χ3v) is 10.1. The highest BCUT2D eigenvalue weighted by molar-refractivity contribution is 5.95. The van der Waals surface area contributed by atoms with Crippen molar-refractivity contribution in [3.05, 3.63) is 23.8 Å². The molecule has 0 radical (unpaired) electrons. The fourth-order valence-electron chi connectivity index (χ4n) is 7.29. The van der Waals surface area contributed by atoms with Gasteiger partial charge in [0.2, 0.25) is 12.8 Å². The molecule has 39 heavy (non-hydrogen) atoms. The fourth-order valence-corrected chi connectivity index (χ4v) is 7.29. The van der Waals surface area contributed by atoms with E-state index in [2.05, 4.69) is 17.6 Å². The highest BCUT2D eigenvalue weighted by Crippen LogP contribution is 2.49. The molecule has 2 amide bonds. The number of nitrogens with one attached hydrogen (secondary N) is 2. The quantitative estimate of drug-likeness (QED) is 0.388. The summed E-state index contributed by atoms with van der Waals surface area (Å²) in [5, 5.41) is 16.2. The molecule has 0 aliphatic heterocycles. The number of amides is 2. The Bertz CT molecular complexity index is 1110. The first-order valence-corrected chi connectivity index (χ1v) is 14.4. The molecule has 2 bridgehead atoms. The zero-order chi connectivity index (χ0) is 27.8. The van der Waals surface area contributed by atoms with Crippen LogP contribution in [0.25, 0.3) is 0 Å². The van der Waals surface area contributed by atoms with Crippen LogP contribution in [-0.2, 0) is 9.59 Å². The first-order chi connectivity index (χ1) is 18.6. The summed E-state index contributed by atoms with van der Waals surface area (Å²) in [7, 11) is 0. The number of benzene rings is 1. The van der Waals surface area contributed by atoms with E-state index < -0.39 is 24.3 Å². The van der Waals surface area contributed by atoms with Crippen LogP contribution in [0.5, 0.6) is 11.5 Å². The second-order valence-corrected chi connectivity index (χ2v) is 12.7. The van der Waals surface area contributed by atoms with Crippen molar-refractivity contribution in [1.29, 1.82) is 0 Å². The van der Waals surface area contributed by atoms with Crippen molar-refractivity contribution in [1.82, 2.24) is 10.6 Å². The van der Waals surface area contributed by atoms with Crippen LogP contribution in [0.2, 0.25) is 0 Å². The topological polar surface area (TPSA) is 114 Å². The Kier molecular flexibility index (Phi) is 7.80. The first-order valence-electron chi connectivity index (χ1n) is 14.4. The molecule has 4 aliphatic carbocycles. The second-order valence-electron chi connectivity index (χ2n) is 12.7. The van der Waals surface area contributed by atoms with E-state index in [4.69, 9.17) is 9.47 Å². The van der Waals surface area contributed by atoms with Gasteiger partial charge < -0.3 is 25.2 Å².